The van der Waals surface area contributed by atoms with E-state index in [1.165, 1.54) is 0 Å². The fraction of sp³-hybridized carbons (Fsp3) is 0.632. The molecule has 0 unspecified atom stereocenters. The van der Waals surface area contributed by atoms with E-state index < -0.39 is 0 Å². The third-order valence-electron chi connectivity index (χ3n) is 5.09. The van der Waals surface area contributed by atoms with E-state index in [-0.39, 0.29) is 18.1 Å². The lowest BCUT2D eigenvalue weighted by molar-refractivity contribution is -0.117. The third kappa shape index (κ3) is 4.48. The fourth-order valence-corrected chi connectivity index (χ4v) is 3.60. The van der Waals surface area contributed by atoms with Crippen molar-refractivity contribution in [1.82, 2.24) is 0 Å². The number of carbonyl (C=O) groups is 1. The van der Waals surface area contributed by atoms with Gasteiger partial charge in [0, 0.05) is 31.0 Å². The Hall–Kier alpha value is -1.59. The van der Waals surface area contributed by atoms with Crippen LogP contribution in [0.2, 0.25) is 0 Å². The predicted molar refractivity (Wildman–Crippen MR) is 94.2 cm³/mol. The molecular weight excluding hydrogens is 304 g/mol. The van der Waals surface area contributed by atoms with Gasteiger partial charge < -0.3 is 20.5 Å². The topological polar surface area (TPSA) is 73.6 Å². The van der Waals surface area contributed by atoms with Gasteiger partial charge in [0.2, 0.25) is 5.91 Å². The lowest BCUT2D eigenvalue weighted by Gasteiger charge is -2.24. The maximum Gasteiger partial charge on any atom is 0.224 e. The highest BCUT2D eigenvalue weighted by Gasteiger charge is 2.26. The molecule has 1 aliphatic heterocycles. The Bertz CT molecular complexity index is 570. The summed E-state index contributed by atoms with van der Waals surface area (Å²) in [6.07, 6.45) is 5.83. The third-order valence-corrected chi connectivity index (χ3v) is 5.09. The number of hydrogen-bond acceptors (Lipinski definition) is 4. The van der Waals surface area contributed by atoms with E-state index in [1.54, 1.807) is 0 Å². The molecule has 1 aromatic rings. The Labute approximate surface area is 143 Å². The quantitative estimate of drug-likeness (QED) is 0.869. The van der Waals surface area contributed by atoms with Crippen LogP contribution in [0.4, 0.5) is 5.69 Å². The standard InChI is InChI=1S/C19H28N2O3/c1-13-11-15(21-19(22)12-14-3-2-4-17(14)20)5-6-18(13)24-16-7-9-23-10-8-16/h5-6,11,14,16-17H,2-4,7-10,12,20H2,1H3,(H,21,22)/t14-,17+/m0/s1. The molecule has 1 aromatic carbocycles. The first-order chi connectivity index (χ1) is 11.6. The van der Waals surface area contributed by atoms with Crippen molar-refractivity contribution >= 4 is 11.6 Å². The minimum atomic E-state index is 0.0508. The number of hydrogen-bond donors (Lipinski definition) is 2. The normalized spacial score (nSPS) is 24.8. The van der Waals surface area contributed by atoms with Crippen LogP contribution in [-0.2, 0) is 9.53 Å². The number of nitrogens with one attached hydrogen (secondary N) is 1. The monoisotopic (exact) mass is 332 g/mol. The molecular formula is C19H28N2O3. The van der Waals surface area contributed by atoms with Crippen LogP contribution in [-0.4, -0.2) is 31.3 Å². The zero-order valence-electron chi connectivity index (χ0n) is 14.4. The van der Waals surface area contributed by atoms with Crippen LogP contribution in [0, 0.1) is 12.8 Å². The van der Waals surface area contributed by atoms with Gasteiger partial charge in [0.1, 0.15) is 11.9 Å². The Morgan fingerprint density at radius 1 is 1.29 bits per heavy atom. The average molecular weight is 332 g/mol. The molecule has 2 aliphatic rings. The smallest absolute Gasteiger partial charge is 0.224 e. The van der Waals surface area contributed by atoms with Gasteiger partial charge in [-0.05, 0) is 49.4 Å². The first-order valence-corrected chi connectivity index (χ1v) is 9.02. The van der Waals surface area contributed by atoms with E-state index >= 15 is 0 Å². The number of benzene rings is 1. The SMILES string of the molecule is Cc1cc(NC(=O)C[C@@H]2CCC[C@H]2N)ccc1OC1CCOCC1. The number of rotatable bonds is 5. The Kier molecular flexibility index (Phi) is 5.74. The van der Waals surface area contributed by atoms with Crippen molar-refractivity contribution in [3.05, 3.63) is 23.8 Å². The van der Waals surface area contributed by atoms with Crippen molar-refractivity contribution in [2.75, 3.05) is 18.5 Å². The molecule has 0 spiro atoms. The van der Waals surface area contributed by atoms with Crippen LogP contribution in [0.1, 0.15) is 44.1 Å². The van der Waals surface area contributed by atoms with Crippen LogP contribution < -0.4 is 15.8 Å². The lowest BCUT2D eigenvalue weighted by atomic mass is 10.00. The summed E-state index contributed by atoms with van der Waals surface area (Å²) in [6.45, 7) is 3.54. The van der Waals surface area contributed by atoms with E-state index in [0.717, 1.165) is 62.3 Å². The van der Waals surface area contributed by atoms with Crippen molar-refractivity contribution in [1.29, 1.82) is 0 Å². The van der Waals surface area contributed by atoms with Crippen molar-refractivity contribution in [2.24, 2.45) is 11.7 Å². The highest BCUT2D eigenvalue weighted by molar-refractivity contribution is 5.91. The summed E-state index contributed by atoms with van der Waals surface area (Å²) in [7, 11) is 0. The summed E-state index contributed by atoms with van der Waals surface area (Å²) in [5, 5.41) is 2.99. The molecule has 132 valence electrons. The van der Waals surface area contributed by atoms with Gasteiger partial charge >= 0.3 is 0 Å². The number of ether oxygens (including phenoxy) is 2. The second-order valence-electron chi connectivity index (χ2n) is 7.02. The Balaban J connectivity index is 1.54. The van der Waals surface area contributed by atoms with Gasteiger partial charge in [-0.25, -0.2) is 0 Å². The molecule has 1 heterocycles. The van der Waals surface area contributed by atoms with Crippen LogP contribution in [0.5, 0.6) is 5.75 Å². The first kappa shape index (κ1) is 17.2. The van der Waals surface area contributed by atoms with Gasteiger partial charge in [0.15, 0.2) is 0 Å². The minimum Gasteiger partial charge on any atom is -0.490 e. The van der Waals surface area contributed by atoms with E-state index in [0.29, 0.717) is 12.3 Å². The second kappa shape index (κ2) is 7.99. The summed E-state index contributed by atoms with van der Waals surface area (Å²) in [4.78, 5) is 12.2. The molecule has 0 aromatic heterocycles. The average Bonchev–Trinajstić information content (AvgIpc) is 2.96. The largest absolute Gasteiger partial charge is 0.490 e. The molecule has 2 fully saturated rings. The molecule has 1 amide bonds. The van der Waals surface area contributed by atoms with Crippen molar-refractivity contribution in [3.8, 4) is 5.75 Å². The molecule has 0 bridgehead atoms. The molecule has 24 heavy (non-hydrogen) atoms. The first-order valence-electron chi connectivity index (χ1n) is 9.02. The number of amides is 1. The molecule has 2 atom stereocenters. The Morgan fingerprint density at radius 3 is 2.75 bits per heavy atom. The summed E-state index contributed by atoms with van der Waals surface area (Å²) in [5.74, 6) is 1.26. The predicted octanol–water partition coefficient (Wildman–Crippen LogP) is 3.01. The molecule has 1 saturated heterocycles. The molecule has 5 heteroatoms. The highest BCUT2D eigenvalue weighted by atomic mass is 16.5. The van der Waals surface area contributed by atoms with Crippen molar-refractivity contribution < 1.29 is 14.3 Å². The van der Waals surface area contributed by atoms with Gasteiger partial charge in [-0.15, -0.1) is 0 Å². The van der Waals surface area contributed by atoms with Crippen molar-refractivity contribution in [2.45, 2.75) is 57.6 Å². The van der Waals surface area contributed by atoms with Gasteiger partial charge in [0.25, 0.3) is 0 Å². The summed E-state index contributed by atoms with van der Waals surface area (Å²) >= 11 is 0. The summed E-state index contributed by atoms with van der Waals surface area (Å²) in [6, 6.07) is 6.00. The number of aryl methyl sites for hydroxylation is 1. The van der Waals surface area contributed by atoms with Crippen molar-refractivity contribution in [3.63, 3.8) is 0 Å². The fourth-order valence-electron chi connectivity index (χ4n) is 3.60. The zero-order chi connectivity index (χ0) is 16.9. The van der Waals surface area contributed by atoms with Gasteiger partial charge in [-0.1, -0.05) is 6.42 Å². The van der Waals surface area contributed by atoms with E-state index in [1.807, 2.05) is 25.1 Å². The second-order valence-corrected chi connectivity index (χ2v) is 7.02. The zero-order valence-corrected chi connectivity index (χ0v) is 14.4. The number of anilines is 1. The molecule has 3 rings (SSSR count). The van der Waals surface area contributed by atoms with Gasteiger partial charge in [-0.3, -0.25) is 4.79 Å². The minimum absolute atomic E-state index is 0.0508. The number of nitrogens with two attached hydrogens (primary N) is 1. The highest BCUT2D eigenvalue weighted by Crippen LogP contribution is 2.28. The lowest BCUT2D eigenvalue weighted by Crippen LogP contribution is -2.28. The Morgan fingerprint density at radius 2 is 2.08 bits per heavy atom. The van der Waals surface area contributed by atoms with Crippen LogP contribution in [0.15, 0.2) is 18.2 Å². The summed E-state index contributed by atoms with van der Waals surface area (Å²) < 4.78 is 11.4. The maximum atomic E-state index is 12.2. The van der Waals surface area contributed by atoms with Crippen LogP contribution in [0.25, 0.3) is 0 Å². The van der Waals surface area contributed by atoms with E-state index in [9.17, 15) is 4.79 Å². The molecule has 3 N–H and O–H groups in total. The van der Waals surface area contributed by atoms with Gasteiger partial charge in [-0.2, -0.15) is 0 Å². The van der Waals surface area contributed by atoms with E-state index in [4.69, 9.17) is 15.2 Å². The molecule has 1 aliphatic carbocycles. The number of carbonyl (C=O) groups excluding carboxylic acids is 1. The molecule has 0 radical (unpaired) electrons. The maximum absolute atomic E-state index is 12.2. The van der Waals surface area contributed by atoms with Crippen LogP contribution >= 0.6 is 0 Å². The van der Waals surface area contributed by atoms with E-state index in [2.05, 4.69) is 5.32 Å². The van der Waals surface area contributed by atoms with Gasteiger partial charge in [0.05, 0.1) is 13.2 Å². The molecule has 1 saturated carbocycles. The molecule has 5 nitrogen and oxygen atoms in total. The van der Waals surface area contributed by atoms with Crippen LogP contribution in [0.3, 0.4) is 0 Å². The summed E-state index contributed by atoms with van der Waals surface area (Å²) in [5.41, 5.74) is 7.91.